The number of anilines is 1. The molecule has 5 nitrogen and oxygen atoms in total. The number of H-pyrrole nitrogens is 1. The first-order valence-corrected chi connectivity index (χ1v) is 6.43. The maximum Gasteiger partial charge on any atom is 0.193 e. The van der Waals surface area contributed by atoms with Gasteiger partial charge in [-0.3, -0.25) is 10.00 Å². The van der Waals surface area contributed by atoms with Gasteiger partial charge >= 0.3 is 0 Å². The van der Waals surface area contributed by atoms with Crippen molar-refractivity contribution < 1.29 is 4.74 Å². The summed E-state index contributed by atoms with van der Waals surface area (Å²) in [5, 5.41) is 7.23. The molecule has 2 aliphatic rings. The Kier molecular flexibility index (Phi) is 2.70. The van der Waals surface area contributed by atoms with E-state index in [2.05, 4.69) is 33.8 Å². The van der Waals surface area contributed by atoms with Gasteiger partial charge in [-0.25, -0.2) is 0 Å². The van der Waals surface area contributed by atoms with E-state index in [0.717, 1.165) is 44.2 Å². The molecular formula is C12H20N4O. The van der Waals surface area contributed by atoms with Crippen molar-refractivity contribution in [1.82, 2.24) is 15.1 Å². The zero-order valence-corrected chi connectivity index (χ0v) is 10.5. The highest BCUT2D eigenvalue weighted by Crippen LogP contribution is 2.32. The van der Waals surface area contributed by atoms with Gasteiger partial charge in [0.05, 0.1) is 12.8 Å². The molecular weight excluding hydrogens is 216 g/mol. The maximum absolute atomic E-state index is 5.72. The highest BCUT2D eigenvalue weighted by Gasteiger charge is 2.32. The quantitative estimate of drug-likeness (QED) is 0.793. The van der Waals surface area contributed by atoms with E-state index in [9.17, 15) is 0 Å². The molecule has 1 aromatic rings. The lowest BCUT2D eigenvalue weighted by molar-refractivity contribution is 0.171. The van der Waals surface area contributed by atoms with Crippen LogP contribution in [0.4, 0.5) is 5.82 Å². The molecule has 3 rings (SSSR count). The smallest absolute Gasteiger partial charge is 0.193 e. The Labute approximate surface area is 102 Å². The second kappa shape index (κ2) is 4.22. The van der Waals surface area contributed by atoms with Gasteiger partial charge in [0.25, 0.3) is 0 Å². The molecule has 1 unspecified atom stereocenters. The zero-order valence-electron chi connectivity index (χ0n) is 10.5. The van der Waals surface area contributed by atoms with E-state index in [1.165, 1.54) is 0 Å². The van der Waals surface area contributed by atoms with Crippen LogP contribution in [0, 0.1) is 0 Å². The summed E-state index contributed by atoms with van der Waals surface area (Å²) in [5.74, 6) is 1.90. The molecule has 1 saturated heterocycles. The highest BCUT2D eigenvalue weighted by molar-refractivity contribution is 5.53. The molecule has 94 valence electrons. The minimum absolute atomic E-state index is 0.538. The van der Waals surface area contributed by atoms with Crippen LogP contribution in [-0.4, -0.2) is 53.4 Å². The molecule has 2 aliphatic heterocycles. The van der Waals surface area contributed by atoms with Crippen molar-refractivity contribution in [3.05, 3.63) is 6.20 Å². The van der Waals surface area contributed by atoms with Crippen molar-refractivity contribution in [2.24, 2.45) is 0 Å². The van der Waals surface area contributed by atoms with Crippen LogP contribution in [0.1, 0.15) is 20.3 Å². The molecule has 0 spiro atoms. The van der Waals surface area contributed by atoms with E-state index in [1.54, 1.807) is 0 Å². The average Bonchev–Trinajstić information content (AvgIpc) is 2.71. The monoisotopic (exact) mass is 236 g/mol. The number of nitrogens with zero attached hydrogens (tertiary/aromatic N) is 3. The fraction of sp³-hybridized carbons (Fsp3) is 0.750. The van der Waals surface area contributed by atoms with Gasteiger partial charge in [0, 0.05) is 38.1 Å². The first-order valence-electron chi connectivity index (χ1n) is 6.43. The number of hydrogen-bond donors (Lipinski definition) is 1. The Morgan fingerprint density at radius 3 is 3.18 bits per heavy atom. The third-order valence-electron chi connectivity index (χ3n) is 3.81. The van der Waals surface area contributed by atoms with Crippen LogP contribution < -0.4 is 9.64 Å². The van der Waals surface area contributed by atoms with Crippen LogP contribution in [0.2, 0.25) is 0 Å². The van der Waals surface area contributed by atoms with Crippen LogP contribution >= 0.6 is 0 Å². The van der Waals surface area contributed by atoms with E-state index in [4.69, 9.17) is 4.74 Å². The van der Waals surface area contributed by atoms with E-state index in [1.807, 2.05) is 6.20 Å². The number of rotatable bonds is 1. The molecule has 1 atom stereocenters. The number of aromatic amines is 1. The van der Waals surface area contributed by atoms with Gasteiger partial charge in [-0.05, 0) is 13.8 Å². The van der Waals surface area contributed by atoms with Crippen LogP contribution in [0.25, 0.3) is 0 Å². The summed E-state index contributed by atoms with van der Waals surface area (Å²) in [4.78, 5) is 4.94. The SMILES string of the molecule is CC(C)N1CCN2c3n[nH]cc3OCCC2C1. The average molecular weight is 236 g/mol. The molecule has 1 aromatic heterocycles. The third-order valence-corrected chi connectivity index (χ3v) is 3.81. The largest absolute Gasteiger partial charge is 0.488 e. The fourth-order valence-electron chi connectivity index (χ4n) is 2.76. The first kappa shape index (κ1) is 10.9. The summed E-state index contributed by atoms with van der Waals surface area (Å²) < 4.78 is 5.72. The molecule has 1 N–H and O–H groups in total. The summed E-state index contributed by atoms with van der Waals surface area (Å²) in [5.41, 5.74) is 0. The summed E-state index contributed by atoms with van der Waals surface area (Å²) >= 11 is 0. The fourth-order valence-corrected chi connectivity index (χ4v) is 2.76. The number of fused-ring (bicyclic) bond motifs is 3. The van der Waals surface area contributed by atoms with E-state index in [-0.39, 0.29) is 0 Å². The van der Waals surface area contributed by atoms with Gasteiger partial charge in [0.2, 0.25) is 0 Å². The van der Waals surface area contributed by atoms with Crippen molar-refractivity contribution >= 4 is 5.82 Å². The number of hydrogen-bond acceptors (Lipinski definition) is 4. The molecule has 0 saturated carbocycles. The Hall–Kier alpha value is -1.23. The lowest BCUT2D eigenvalue weighted by atomic mass is 10.1. The van der Waals surface area contributed by atoms with E-state index in [0.29, 0.717) is 12.1 Å². The topological polar surface area (TPSA) is 44.4 Å². The molecule has 1 fully saturated rings. The van der Waals surface area contributed by atoms with Crippen LogP contribution in [0.5, 0.6) is 5.75 Å². The number of nitrogens with one attached hydrogen (secondary N) is 1. The summed E-state index contributed by atoms with van der Waals surface area (Å²) in [6, 6.07) is 1.16. The lowest BCUT2D eigenvalue weighted by Gasteiger charge is -2.42. The second-order valence-electron chi connectivity index (χ2n) is 5.15. The Balaban J connectivity index is 1.83. The summed E-state index contributed by atoms with van der Waals surface area (Å²) in [7, 11) is 0. The van der Waals surface area contributed by atoms with Gasteiger partial charge in [-0.2, -0.15) is 5.10 Å². The van der Waals surface area contributed by atoms with Gasteiger partial charge < -0.3 is 9.64 Å². The third kappa shape index (κ3) is 1.88. The first-order chi connectivity index (χ1) is 8.25. The number of aromatic nitrogens is 2. The number of ether oxygens (including phenoxy) is 1. The Morgan fingerprint density at radius 2 is 2.35 bits per heavy atom. The molecule has 0 radical (unpaired) electrons. The van der Waals surface area contributed by atoms with E-state index >= 15 is 0 Å². The van der Waals surface area contributed by atoms with Crippen LogP contribution in [-0.2, 0) is 0 Å². The molecule has 17 heavy (non-hydrogen) atoms. The van der Waals surface area contributed by atoms with Crippen molar-refractivity contribution in [3.63, 3.8) is 0 Å². The summed E-state index contributed by atoms with van der Waals surface area (Å²) in [6.45, 7) is 8.60. The normalized spacial score (nSPS) is 25.1. The van der Waals surface area contributed by atoms with Crippen LogP contribution in [0.15, 0.2) is 6.20 Å². The van der Waals surface area contributed by atoms with Crippen molar-refractivity contribution in [2.75, 3.05) is 31.1 Å². The minimum Gasteiger partial charge on any atom is -0.488 e. The molecule has 0 aliphatic carbocycles. The van der Waals surface area contributed by atoms with E-state index < -0.39 is 0 Å². The van der Waals surface area contributed by atoms with Gasteiger partial charge in [0.15, 0.2) is 11.6 Å². The predicted octanol–water partition coefficient (Wildman–Crippen LogP) is 1.09. The lowest BCUT2D eigenvalue weighted by Crippen LogP contribution is -2.55. The van der Waals surface area contributed by atoms with Crippen molar-refractivity contribution in [3.8, 4) is 5.75 Å². The highest BCUT2D eigenvalue weighted by atomic mass is 16.5. The second-order valence-corrected chi connectivity index (χ2v) is 5.15. The molecule has 5 heteroatoms. The maximum atomic E-state index is 5.72. The number of piperazine rings is 1. The van der Waals surface area contributed by atoms with Gasteiger partial charge in [-0.15, -0.1) is 0 Å². The predicted molar refractivity (Wildman–Crippen MR) is 66.5 cm³/mol. The van der Waals surface area contributed by atoms with Crippen molar-refractivity contribution in [2.45, 2.75) is 32.4 Å². The molecule has 0 aromatic carbocycles. The minimum atomic E-state index is 0.538. The zero-order chi connectivity index (χ0) is 11.8. The Morgan fingerprint density at radius 1 is 1.47 bits per heavy atom. The van der Waals surface area contributed by atoms with Crippen molar-refractivity contribution in [1.29, 1.82) is 0 Å². The molecule has 3 heterocycles. The summed E-state index contributed by atoms with van der Waals surface area (Å²) in [6.07, 6.45) is 2.94. The molecule has 0 amide bonds. The molecule has 0 bridgehead atoms. The van der Waals surface area contributed by atoms with Gasteiger partial charge in [0.1, 0.15) is 0 Å². The van der Waals surface area contributed by atoms with Crippen LogP contribution in [0.3, 0.4) is 0 Å². The van der Waals surface area contributed by atoms with Gasteiger partial charge in [-0.1, -0.05) is 0 Å². The Bertz CT molecular complexity index is 390. The standard InChI is InChI=1S/C12H20N4O/c1-9(2)15-4-5-16-10(8-15)3-6-17-11-7-13-14-12(11)16/h7,9-10H,3-6,8H2,1-2H3,(H,13,14).